The first-order chi connectivity index (χ1) is 11.7. The SMILES string of the molecule is CCc1cccc(NC(=O)CSCc2cc3c(cc2Br)OCO3)c1. The van der Waals surface area contributed by atoms with Crippen LogP contribution in [-0.4, -0.2) is 18.5 Å². The molecule has 0 radical (unpaired) electrons. The number of fused-ring (bicyclic) bond motifs is 1. The van der Waals surface area contributed by atoms with E-state index in [4.69, 9.17) is 9.47 Å². The van der Waals surface area contributed by atoms with Crippen LogP contribution in [0.3, 0.4) is 0 Å². The number of hydrogen-bond donors (Lipinski definition) is 1. The van der Waals surface area contributed by atoms with E-state index < -0.39 is 0 Å². The second kappa shape index (κ2) is 7.94. The summed E-state index contributed by atoms with van der Waals surface area (Å²) in [5.41, 5.74) is 3.15. The van der Waals surface area contributed by atoms with E-state index in [0.29, 0.717) is 5.75 Å². The highest BCUT2D eigenvalue weighted by Crippen LogP contribution is 2.38. The van der Waals surface area contributed by atoms with Crippen molar-refractivity contribution < 1.29 is 14.3 Å². The molecule has 0 saturated heterocycles. The molecule has 2 aromatic carbocycles. The van der Waals surface area contributed by atoms with Crippen molar-refractivity contribution in [2.24, 2.45) is 0 Å². The summed E-state index contributed by atoms with van der Waals surface area (Å²) in [7, 11) is 0. The molecule has 0 bridgehead atoms. The normalized spacial score (nSPS) is 12.2. The van der Waals surface area contributed by atoms with Gasteiger partial charge >= 0.3 is 0 Å². The van der Waals surface area contributed by atoms with Gasteiger partial charge in [-0.05, 0) is 41.8 Å². The number of ether oxygens (including phenoxy) is 2. The largest absolute Gasteiger partial charge is 0.454 e. The van der Waals surface area contributed by atoms with E-state index in [9.17, 15) is 4.79 Å². The molecule has 0 aliphatic carbocycles. The summed E-state index contributed by atoms with van der Waals surface area (Å²) in [6.07, 6.45) is 0.955. The van der Waals surface area contributed by atoms with Crippen LogP contribution in [0.15, 0.2) is 40.9 Å². The van der Waals surface area contributed by atoms with E-state index in [1.54, 1.807) is 11.8 Å². The van der Waals surface area contributed by atoms with Gasteiger partial charge in [-0.3, -0.25) is 4.79 Å². The topological polar surface area (TPSA) is 47.6 Å². The highest BCUT2D eigenvalue weighted by Gasteiger charge is 2.16. The van der Waals surface area contributed by atoms with Gasteiger partial charge in [0.15, 0.2) is 11.5 Å². The van der Waals surface area contributed by atoms with Crippen LogP contribution in [0.5, 0.6) is 11.5 Å². The first-order valence-corrected chi connectivity index (χ1v) is 9.65. The smallest absolute Gasteiger partial charge is 0.234 e. The fourth-order valence-corrected chi connectivity index (χ4v) is 3.86. The highest BCUT2D eigenvalue weighted by molar-refractivity contribution is 9.10. The molecule has 1 heterocycles. The van der Waals surface area contributed by atoms with E-state index in [-0.39, 0.29) is 12.7 Å². The summed E-state index contributed by atoms with van der Waals surface area (Å²) in [5, 5.41) is 2.94. The number of carbonyl (C=O) groups is 1. The lowest BCUT2D eigenvalue weighted by atomic mass is 10.1. The van der Waals surface area contributed by atoms with Crippen molar-refractivity contribution in [2.75, 3.05) is 17.9 Å². The van der Waals surface area contributed by atoms with Crippen molar-refractivity contribution in [1.29, 1.82) is 0 Å². The van der Waals surface area contributed by atoms with E-state index in [1.165, 1.54) is 5.56 Å². The Labute approximate surface area is 154 Å². The first kappa shape index (κ1) is 17.2. The third kappa shape index (κ3) is 4.24. The molecule has 24 heavy (non-hydrogen) atoms. The quantitative estimate of drug-likeness (QED) is 0.758. The Bertz CT molecular complexity index is 751. The molecule has 2 aromatic rings. The van der Waals surface area contributed by atoms with Gasteiger partial charge in [0.05, 0.1) is 5.75 Å². The Balaban J connectivity index is 1.52. The van der Waals surface area contributed by atoms with Crippen LogP contribution in [0.1, 0.15) is 18.1 Å². The number of anilines is 1. The number of nitrogens with one attached hydrogen (secondary N) is 1. The molecule has 0 atom stereocenters. The van der Waals surface area contributed by atoms with Crippen LogP contribution in [0.25, 0.3) is 0 Å². The number of hydrogen-bond acceptors (Lipinski definition) is 4. The average Bonchev–Trinajstić information content (AvgIpc) is 3.02. The lowest BCUT2D eigenvalue weighted by Crippen LogP contribution is -2.14. The number of thioether (sulfide) groups is 1. The fraction of sp³-hybridized carbons (Fsp3) is 0.278. The summed E-state index contributed by atoms with van der Waals surface area (Å²) in [6, 6.07) is 11.8. The van der Waals surface area contributed by atoms with Gasteiger partial charge in [-0.15, -0.1) is 11.8 Å². The minimum absolute atomic E-state index is 0.00474. The summed E-state index contributed by atoms with van der Waals surface area (Å²) in [6.45, 7) is 2.36. The van der Waals surface area contributed by atoms with Gasteiger partial charge in [0, 0.05) is 15.9 Å². The average molecular weight is 408 g/mol. The summed E-state index contributed by atoms with van der Waals surface area (Å²) < 4.78 is 11.7. The molecule has 0 saturated carbocycles. The van der Waals surface area contributed by atoms with E-state index in [2.05, 4.69) is 34.2 Å². The van der Waals surface area contributed by atoms with Gasteiger partial charge in [0.2, 0.25) is 12.7 Å². The van der Waals surface area contributed by atoms with Gasteiger partial charge in [0.1, 0.15) is 0 Å². The zero-order chi connectivity index (χ0) is 16.9. The lowest BCUT2D eigenvalue weighted by molar-refractivity contribution is -0.113. The molecule has 0 fully saturated rings. The van der Waals surface area contributed by atoms with Crippen LogP contribution >= 0.6 is 27.7 Å². The lowest BCUT2D eigenvalue weighted by Gasteiger charge is -2.08. The predicted octanol–water partition coefficient (Wildman–Crippen LogP) is 4.61. The zero-order valence-electron chi connectivity index (χ0n) is 13.3. The Morgan fingerprint density at radius 3 is 2.83 bits per heavy atom. The maximum Gasteiger partial charge on any atom is 0.234 e. The number of halogens is 1. The summed E-state index contributed by atoms with van der Waals surface area (Å²) in [5.74, 6) is 2.64. The van der Waals surface area contributed by atoms with Gasteiger partial charge < -0.3 is 14.8 Å². The summed E-state index contributed by atoms with van der Waals surface area (Å²) >= 11 is 5.10. The molecule has 1 aliphatic rings. The molecule has 3 rings (SSSR count). The van der Waals surface area contributed by atoms with Gasteiger partial charge in [0.25, 0.3) is 0 Å². The van der Waals surface area contributed by atoms with Crippen molar-refractivity contribution in [2.45, 2.75) is 19.1 Å². The Morgan fingerprint density at radius 2 is 2.04 bits per heavy atom. The second-order valence-electron chi connectivity index (χ2n) is 5.39. The molecular weight excluding hydrogens is 390 g/mol. The van der Waals surface area contributed by atoms with E-state index in [0.717, 1.165) is 39.4 Å². The van der Waals surface area contributed by atoms with Crippen molar-refractivity contribution in [3.05, 3.63) is 52.0 Å². The molecular formula is C18H18BrNO3S. The zero-order valence-corrected chi connectivity index (χ0v) is 15.7. The van der Waals surface area contributed by atoms with Crippen LogP contribution < -0.4 is 14.8 Å². The Morgan fingerprint density at radius 1 is 1.25 bits per heavy atom. The molecule has 126 valence electrons. The van der Waals surface area contributed by atoms with Crippen molar-refractivity contribution in [3.8, 4) is 11.5 Å². The van der Waals surface area contributed by atoms with Crippen LogP contribution in [-0.2, 0) is 17.0 Å². The van der Waals surface area contributed by atoms with Crippen LogP contribution in [0.2, 0.25) is 0 Å². The third-order valence-electron chi connectivity index (χ3n) is 3.65. The molecule has 1 N–H and O–H groups in total. The van der Waals surface area contributed by atoms with Crippen molar-refractivity contribution >= 4 is 39.3 Å². The monoisotopic (exact) mass is 407 g/mol. The maximum absolute atomic E-state index is 12.1. The fourth-order valence-electron chi connectivity index (χ4n) is 2.39. The minimum Gasteiger partial charge on any atom is -0.454 e. The van der Waals surface area contributed by atoms with Crippen molar-refractivity contribution in [1.82, 2.24) is 0 Å². The van der Waals surface area contributed by atoms with E-state index >= 15 is 0 Å². The number of carbonyl (C=O) groups excluding carboxylic acids is 1. The van der Waals surface area contributed by atoms with E-state index in [1.807, 2.05) is 30.3 Å². The standard InChI is InChI=1S/C18H18BrNO3S/c1-2-12-4-3-5-14(6-12)20-18(21)10-24-9-13-7-16-17(8-15(13)19)23-11-22-16/h3-8H,2,9-11H2,1H3,(H,20,21). The van der Waals surface area contributed by atoms with Gasteiger partial charge in [-0.2, -0.15) is 0 Å². The molecule has 1 amide bonds. The molecule has 0 aromatic heterocycles. The molecule has 4 nitrogen and oxygen atoms in total. The minimum atomic E-state index is 0.00474. The Kier molecular flexibility index (Phi) is 5.68. The molecule has 1 aliphatic heterocycles. The third-order valence-corrected chi connectivity index (χ3v) is 5.37. The number of aryl methyl sites for hydroxylation is 1. The van der Waals surface area contributed by atoms with Crippen molar-refractivity contribution in [3.63, 3.8) is 0 Å². The van der Waals surface area contributed by atoms with Crippen LogP contribution in [0, 0.1) is 0 Å². The van der Waals surface area contributed by atoms with Gasteiger partial charge in [-0.25, -0.2) is 0 Å². The molecule has 6 heteroatoms. The highest BCUT2D eigenvalue weighted by atomic mass is 79.9. The first-order valence-electron chi connectivity index (χ1n) is 7.70. The second-order valence-corrected chi connectivity index (χ2v) is 7.23. The number of rotatable bonds is 6. The number of benzene rings is 2. The molecule has 0 spiro atoms. The van der Waals surface area contributed by atoms with Crippen LogP contribution in [0.4, 0.5) is 5.69 Å². The predicted molar refractivity (Wildman–Crippen MR) is 101 cm³/mol. The summed E-state index contributed by atoms with van der Waals surface area (Å²) in [4.78, 5) is 12.1. The Hall–Kier alpha value is -1.66. The molecule has 0 unspecified atom stereocenters. The number of amides is 1. The maximum atomic E-state index is 12.1. The van der Waals surface area contributed by atoms with Gasteiger partial charge in [-0.1, -0.05) is 35.0 Å².